The van der Waals surface area contributed by atoms with Gasteiger partial charge in [0.05, 0.1) is 38.6 Å². The van der Waals surface area contributed by atoms with Gasteiger partial charge in [0.15, 0.2) is 18.9 Å². The molecule has 94 heavy (non-hydrogen) atoms. The number of hydrogen-bond acceptors (Lipinski definition) is 18. The molecule has 3 fully saturated rings. The predicted octanol–water partition coefficient (Wildman–Crippen LogP) is 11.8. The highest BCUT2D eigenvalue weighted by molar-refractivity contribution is 5.76. The molecule has 0 radical (unpaired) electrons. The highest BCUT2D eigenvalue weighted by atomic mass is 16.8. The molecule has 19 heteroatoms. The number of allylic oxidation sites excluding steroid dienone is 3. The van der Waals surface area contributed by atoms with E-state index in [0.717, 1.165) is 38.5 Å². The van der Waals surface area contributed by atoms with Crippen molar-refractivity contribution in [3.05, 3.63) is 24.3 Å². The van der Waals surface area contributed by atoms with E-state index in [4.69, 9.17) is 28.4 Å². The summed E-state index contributed by atoms with van der Waals surface area (Å²) in [6.45, 7) is 1.77. The lowest BCUT2D eigenvalue weighted by Crippen LogP contribution is -2.66. The number of rotatable bonds is 61. The molecule has 0 aliphatic carbocycles. The first-order valence-electron chi connectivity index (χ1n) is 38.6. The van der Waals surface area contributed by atoms with E-state index in [1.807, 2.05) is 6.08 Å². The van der Waals surface area contributed by atoms with E-state index < -0.39 is 124 Å². The summed E-state index contributed by atoms with van der Waals surface area (Å²) in [7, 11) is 0. The summed E-state index contributed by atoms with van der Waals surface area (Å²) >= 11 is 0. The van der Waals surface area contributed by atoms with Crippen LogP contribution in [0.1, 0.15) is 316 Å². The number of aliphatic hydroxyl groups is 11. The number of aliphatic hydroxyl groups excluding tert-OH is 11. The second-order valence-electron chi connectivity index (χ2n) is 27.8. The highest BCUT2D eigenvalue weighted by Gasteiger charge is 2.53. The van der Waals surface area contributed by atoms with Crippen molar-refractivity contribution in [1.82, 2.24) is 5.32 Å². The van der Waals surface area contributed by atoms with Gasteiger partial charge in [-0.1, -0.05) is 301 Å². The van der Waals surface area contributed by atoms with Crippen LogP contribution in [0.5, 0.6) is 0 Å². The molecular formula is C75H141NO18. The van der Waals surface area contributed by atoms with Crippen LogP contribution in [0.25, 0.3) is 0 Å². The smallest absolute Gasteiger partial charge is 0.220 e. The summed E-state index contributed by atoms with van der Waals surface area (Å²) in [5.74, 6) is -0.278. The molecule has 0 aromatic heterocycles. The van der Waals surface area contributed by atoms with E-state index in [1.165, 1.54) is 244 Å². The van der Waals surface area contributed by atoms with Gasteiger partial charge in [-0.2, -0.15) is 0 Å². The zero-order valence-electron chi connectivity index (χ0n) is 59.0. The molecule has 3 aliphatic heterocycles. The normalized spacial score (nSPS) is 27.4. The van der Waals surface area contributed by atoms with Crippen LogP contribution in [0.3, 0.4) is 0 Å². The lowest BCUT2D eigenvalue weighted by Gasteiger charge is -2.48. The molecule has 0 spiro atoms. The maximum absolute atomic E-state index is 13.4. The molecule has 3 heterocycles. The second-order valence-corrected chi connectivity index (χ2v) is 27.8. The van der Waals surface area contributed by atoms with Gasteiger partial charge < -0.3 is 89.9 Å². The summed E-state index contributed by atoms with van der Waals surface area (Å²) < 4.78 is 34.4. The van der Waals surface area contributed by atoms with E-state index in [-0.39, 0.29) is 18.9 Å². The molecule has 0 aromatic rings. The average molecular weight is 1340 g/mol. The van der Waals surface area contributed by atoms with Crippen LogP contribution >= 0.6 is 0 Å². The quantitative estimate of drug-likeness (QED) is 0.0199. The van der Waals surface area contributed by atoms with Crippen LogP contribution in [0, 0.1) is 0 Å². The Kier molecular flexibility index (Phi) is 52.4. The molecule has 17 atom stereocenters. The minimum atomic E-state index is -1.98. The van der Waals surface area contributed by atoms with Crippen LogP contribution in [0.2, 0.25) is 0 Å². The number of nitrogens with one attached hydrogen (secondary N) is 1. The minimum absolute atomic E-state index is 0.241. The molecule has 3 aliphatic rings. The molecule has 554 valence electrons. The van der Waals surface area contributed by atoms with Gasteiger partial charge in [0, 0.05) is 6.42 Å². The number of carbonyl (C=O) groups is 1. The van der Waals surface area contributed by atoms with E-state index in [9.17, 15) is 61.0 Å². The topological polar surface area (TPSA) is 307 Å². The van der Waals surface area contributed by atoms with E-state index >= 15 is 0 Å². The van der Waals surface area contributed by atoms with Crippen molar-refractivity contribution >= 4 is 5.91 Å². The lowest BCUT2D eigenvalue weighted by molar-refractivity contribution is -0.379. The van der Waals surface area contributed by atoms with Crippen molar-refractivity contribution in [2.75, 3.05) is 26.4 Å². The molecule has 17 unspecified atom stereocenters. The molecule has 0 bridgehead atoms. The largest absolute Gasteiger partial charge is 0.394 e. The van der Waals surface area contributed by atoms with Crippen molar-refractivity contribution < 1.29 is 89.4 Å². The fourth-order valence-electron chi connectivity index (χ4n) is 13.3. The van der Waals surface area contributed by atoms with E-state index in [1.54, 1.807) is 6.08 Å². The molecule has 19 nitrogen and oxygen atoms in total. The first kappa shape index (κ1) is 86.5. The molecule has 3 saturated heterocycles. The number of amides is 1. The van der Waals surface area contributed by atoms with Gasteiger partial charge in [0.1, 0.15) is 73.2 Å². The van der Waals surface area contributed by atoms with Crippen LogP contribution in [0.4, 0.5) is 0 Å². The van der Waals surface area contributed by atoms with Crippen molar-refractivity contribution in [2.24, 2.45) is 0 Å². The second kappa shape index (κ2) is 57.0. The van der Waals surface area contributed by atoms with Gasteiger partial charge >= 0.3 is 0 Å². The van der Waals surface area contributed by atoms with Crippen molar-refractivity contribution in [2.45, 2.75) is 420 Å². The van der Waals surface area contributed by atoms with Gasteiger partial charge in [0.25, 0.3) is 0 Å². The SMILES string of the molecule is CCCCCCCCCCCCCCCCCCCCCC/C=C/CC/C=C/C(O)C(COC1OC(CO)C(OC2OC(CO)C(OC3OC(CO)C(O)C(O)C3O)C(O)C2O)C(O)C1O)NC(=O)CCCCCCCCCCCCCCCCCCCCCCCCC. The van der Waals surface area contributed by atoms with Crippen molar-refractivity contribution in [1.29, 1.82) is 0 Å². The highest BCUT2D eigenvalue weighted by Crippen LogP contribution is 2.33. The van der Waals surface area contributed by atoms with Crippen LogP contribution in [-0.2, 0) is 33.2 Å². The monoisotopic (exact) mass is 1340 g/mol. The Morgan fingerprint density at radius 2 is 0.681 bits per heavy atom. The van der Waals surface area contributed by atoms with E-state index in [0.29, 0.717) is 12.8 Å². The van der Waals surface area contributed by atoms with Crippen molar-refractivity contribution in [3.63, 3.8) is 0 Å². The zero-order chi connectivity index (χ0) is 68.2. The fraction of sp³-hybridized carbons (Fsp3) is 0.933. The zero-order valence-corrected chi connectivity index (χ0v) is 59.0. The maximum Gasteiger partial charge on any atom is 0.220 e. The molecule has 3 rings (SSSR count). The number of ether oxygens (including phenoxy) is 6. The van der Waals surface area contributed by atoms with Crippen LogP contribution in [0.15, 0.2) is 24.3 Å². The molecule has 0 saturated carbocycles. The van der Waals surface area contributed by atoms with Gasteiger partial charge in [0.2, 0.25) is 5.91 Å². The Balaban J connectivity index is 1.41. The van der Waals surface area contributed by atoms with Crippen LogP contribution < -0.4 is 5.32 Å². The van der Waals surface area contributed by atoms with Gasteiger partial charge in [-0.3, -0.25) is 4.79 Å². The number of unbranched alkanes of at least 4 members (excludes halogenated alkanes) is 43. The summed E-state index contributed by atoms with van der Waals surface area (Å²) in [5, 5.41) is 121. The maximum atomic E-state index is 13.4. The fourth-order valence-corrected chi connectivity index (χ4v) is 13.3. The standard InChI is InChI=1S/C75H141NO18/c1-3-5-7-9-11-13-15-17-19-21-23-25-27-28-29-31-32-34-36-38-40-42-44-46-48-50-52-59(80)58(76-63(81)53-51-49-47-45-43-41-39-37-35-33-30-26-24-22-20-18-16-14-12-10-8-6-4-2)57-89-73-69(87)66(84)71(61(55-78)91-73)94-75-70(88)67(85)72(62(56-79)92-75)93-74-68(86)65(83)64(82)60(54-77)90-74/h42,44,50,52,58-62,64-75,77-80,82-88H,3-41,43,45-49,51,53-57H2,1-2H3,(H,76,81)/b44-42+,52-50+. The van der Waals surface area contributed by atoms with E-state index in [2.05, 4.69) is 31.3 Å². The Labute approximate surface area is 568 Å². The number of hydrogen-bond donors (Lipinski definition) is 12. The molecule has 0 aromatic carbocycles. The first-order chi connectivity index (χ1) is 45.8. The Hall–Kier alpha value is -1.73. The minimum Gasteiger partial charge on any atom is -0.394 e. The lowest BCUT2D eigenvalue weighted by atomic mass is 9.96. The third kappa shape index (κ3) is 37.6. The van der Waals surface area contributed by atoms with Gasteiger partial charge in [-0.25, -0.2) is 0 Å². The molecular weight excluding hydrogens is 1200 g/mol. The molecule has 12 N–H and O–H groups in total. The Bertz CT molecular complexity index is 1800. The van der Waals surface area contributed by atoms with Crippen LogP contribution in [-0.4, -0.2) is 193 Å². The summed E-state index contributed by atoms with van der Waals surface area (Å²) in [5.41, 5.74) is 0. The van der Waals surface area contributed by atoms with Crippen molar-refractivity contribution in [3.8, 4) is 0 Å². The Morgan fingerprint density at radius 3 is 1.06 bits per heavy atom. The van der Waals surface area contributed by atoms with Gasteiger partial charge in [-0.15, -0.1) is 0 Å². The third-order valence-corrected chi connectivity index (χ3v) is 19.5. The predicted molar refractivity (Wildman–Crippen MR) is 370 cm³/mol. The summed E-state index contributed by atoms with van der Waals surface area (Å²) in [6.07, 6.45) is 40.2. The van der Waals surface area contributed by atoms with Gasteiger partial charge in [-0.05, 0) is 32.1 Å². The Morgan fingerprint density at radius 1 is 0.372 bits per heavy atom. The summed E-state index contributed by atoms with van der Waals surface area (Å²) in [6, 6.07) is -0.988. The molecule has 1 amide bonds. The third-order valence-electron chi connectivity index (χ3n) is 19.5. The number of carbonyl (C=O) groups excluding carboxylic acids is 1. The summed E-state index contributed by atoms with van der Waals surface area (Å²) in [4.78, 5) is 13.4. The average Bonchev–Trinajstić information content (AvgIpc) is 0.787. The first-order valence-corrected chi connectivity index (χ1v) is 38.6.